The first-order chi connectivity index (χ1) is 7.30. The fourth-order valence-corrected chi connectivity index (χ4v) is 1.93. The zero-order chi connectivity index (χ0) is 12.0. The summed E-state index contributed by atoms with van der Waals surface area (Å²) < 4.78 is 26.1. The van der Waals surface area contributed by atoms with Gasteiger partial charge in [0.1, 0.15) is 0 Å². The Morgan fingerprint density at radius 2 is 2.06 bits per heavy atom. The van der Waals surface area contributed by atoms with Crippen LogP contribution >= 0.6 is 11.6 Å². The van der Waals surface area contributed by atoms with Crippen molar-refractivity contribution < 1.29 is 8.78 Å². The number of hydrogen-bond donors (Lipinski definition) is 1. The maximum Gasteiger partial charge on any atom is 0.270 e. The van der Waals surface area contributed by atoms with Crippen molar-refractivity contribution >= 4 is 11.6 Å². The smallest absolute Gasteiger partial charge is 0.270 e. The van der Waals surface area contributed by atoms with Crippen LogP contribution in [0.1, 0.15) is 30.9 Å². The Labute approximate surface area is 98.6 Å². The van der Waals surface area contributed by atoms with E-state index in [-0.39, 0.29) is 11.1 Å². The summed E-state index contributed by atoms with van der Waals surface area (Å²) in [5.74, 6) is -2.85. The van der Waals surface area contributed by atoms with Crippen LogP contribution in [0.4, 0.5) is 8.78 Å². The first kappa shape index (κ1) is 11.8. The van der Waals surface area contributed by atoms with Crippen LogP contribution in [0, 0.1) is 0 Å². The van der Waals surface area contributed by atoms with Gasteiger partial charge in [-0.2, -0.15) is 0 Å². The summed E-state index contributed by atoms with van der Waals surface area (Å²) in [6, 6.07) is 4.41. The summed E-state index contributed by atoms with van der Waals surface area (Å²) >= 11 is 5.98. The molecule has 0 spiro atoms. The topological polar surface area (TPSA) is 26.0 Å². The van der Waals surface area contributed by atoms with Crippen LogP contribution in [0.2, 0.25) is 5.02 Å². The summed E-state index contributed by atoms with van der Waals surface area (Å²) in [6.45, 7) is 0.865. The Kier molecular flexibility index (Phi) is 2.71. The van der Waals surface area contributed by atoms with E-state index in [0.717, 1.165) is 25.3 Å². The van der Waals surface area contributed by atoms with E-state index in [1.807, 2.05) is 0 Å². The molecule has 1 aliphatic carbocycles. The molecule has 1 aromatic rings. The minimum absolute atomic E-state index is 0.0527. The molecule has 1 aliphatic rings. The number of alkyl halides is 2. The molecular formula is C12H14ClF2N. The summed E-state index contributed by atoms with van der Waals surface area (Å²) in [5.41, 5.74) is 6.62. The number of rotatable bonds is 3. The molecule has 1 aromatic carbocycles. The number of hydrogen-bond acceptors (Lipinski definition) is 1. The number of benzene rings is 1. The average Bonchev–Trinajstić information content (AvgIpc) is 2.86. The van der Waals surface area contributed by atoms with Gasteiger partial charge in [0, 0.05) is 23.0 Å². The Morgan fingerprint density at radius 1 is 1.44 bits per heavy atom. The van der Waals surface area contributed by atoms with Crippen LogP contribution in [0.5, 0.6) is 0 Å². The number of nitrogens with two attached hydrogens (primary N) is 1. The molecule has 4 heteroatoms. The normalized spacial score (nSPS) is 18.6. The Balaban J connectivity index is 2.23. The van der Waals surface area contributed by atoms with Gasteiger partial charge in [0.25, 0.3) is 5.92 Å². The lowest BCUT2D eigenvalue weighted by Gasteiger charge is -2.14. The second kappa shape index (κ2) is 3.67. The predicted molar refractivity (Wildman–Crippen MR) is 60.9 cm³/mol. The Hall–Kier alpha value is -0.670. The second-order valence-corrected chi connectivity index (χ2v) is 5.14. The summed E-state index contributed by atoms with van der Waals surface area (Å²) in [7, 11) is 0. The Bertz CT molecular complexity index is 408. The minimum Gasteiger partial charge on any atom is -0.325 e. The molecule has 0 radical (unpaired) electrons. The van der Waals surface area contributed by atoms with Crippen molar-refractivity contribution in [1.29, 1.82) is 0 Å². The van der Waals surface area contributed by atoms with Crippen LogP contribution in [0.25, 0.3) is 0 Å². The molecule has 88 valence electrons. The molecule has 0 aromatic heterocycles. The van der Waals surface area contributed by atoms with Crippen LogP contribution in [0.3, 0.4) is 0 Å². The fourth-order valence-electron chi connectivity index (χ4n) is 1.68. The predicted octanol–water partition coefficient (Wildman–Crippen LogP) is 3.49. The number of halogens is 3. The zero-order valence-corrected chi connectivity index (χ0v) is 9.82. The minimum atomic E-state index is -2.85. The maximum atomic E-state index is 13.0. The lowest BCUT2D eigenvalue weighted by atomic mass is 10.0. The maximum absolute atomic E-state index is 13.0. The van der Waals surface area contributed by atoms with Gasteiger partial charge in [-0.3, -0.25) is 0 Å². The fraction of sp³-hybridized carbons (Fsp3) is 0.500. The van der Waals surface area contributed by atoms with Crippen LogP contribution in [-0.4, -0.2) is 5.54 Å². The molecule has 0 atom stereocenters. The molecule has 2 N–H and O–H groups in total. The van der Waals surface area contributed by atoms with Gasteiger partial charge in [0.05, 0.1) is 0 Å². The molecular weight excluding hydrogens is 232 g/mol. The zero-order valence-electron chi connectivity index (χ0n) is 9.06. The first-order valence-corrected chi connectivity index (χ1v) is 5.64. The van der Waals surface area contributed by atoms with E-state index in [0.29, 0.717) is 11.4 Å². The second-order valence-electron chi connectivity index (χ2n) is 4.73. The third-order valence-corrected chi connectivity index (χ3v) is 3.35. The lowest BCUT2D eigenvalue weighted by molar-refractivity contribution is 0.0174. The standard InChI is InChI=1S/C12H14ClF2N/c1-11(14,15)9-3-2-8(10(13)6-9)7-12(16)4-5-12/h2-3,6H,4-5,7,16H2,1H3. The van der Waals surface area contributed by atoms with Crippen LogP contribution in [-0.2, 0) is 12.3 Å². The molecule has 1 saturated carbocycles. The van der Waals surface area contributed by atoms with Gasteiger partial charge in [-0.15, -0.1) is 0 Å². The van der Waals surface area contributed by atoms with E-state index in [1.165, 1.54) is 12.1 Å². The van der Waals surface area contributed by atoms with Gasteiger partial charge in [0.15, 0.2) is 0 Å². The van der Waals surface area contributed by atoms with E-state index in [2.05, 4.69) is 0 Å². The third-order valence-electron chi connectivity index (χ3n) is 2.99. The molecule has 1 nitrogen and oxygen atoms in total. The highest BCUT2D eigenvalue weighted by atomic mass is 35.5. The van der Waals surface area contributed by atoms with E-state index in [4.69, 9.17) is 17.3 Å². The van der Waals surface area contributed by atoms with Gasteiger partial charge in [-0.25, -0.2) is 8.78 Å². The van der Waals surface area contributed by atoms with Gasteiger partial charge < -0.3 is 5.73 Å². The quantitative estimate of drug-likeness (QED) is 0.867. The Morgan fingerprint density at radius 3 is 2.50 bits per heavy atom. The van der Waals surface area contributed by atoms with E-state index in [9.17, 15) is 8.78 Å². The van der Waals surface area contributed by atoms with E-state index >= 15 is 0 Å². The van der Waals surface area contributed by atoms with Crippen molar-refractivity contribution in [2.24, 2.45) is 5.73 Å². The highest BCUT2D eigenvalue weighted by Crippen LogP contribution is 2.38. The van der Waals surface area contributed by atoms with Crippen molar-refractivity contribution in [2.45, 2.75) is 37.6 Å². The van der Waals surface area contributed by atoms with E-state index < -0.39 is 5.92 Å². The van der Waals surface area contributed by atoms with E-state index in [1.54, 1.807) is 6.07 Å². The molecule has 0 saturated heterocycles. The highest BCUT2D eigenvalue weighted by Gasteiger charge is 2.38. The molecule has 0 heterocycles. The summed E-state index contributed by atoms with van der Waals surface area (Å²) in [6.07, 6.45) is 2.63. The molecule has 16 heavy (non-hydrogen) atoms. The molecule has 1 fully saturated rings. The van der Waals surface area contributed by atoms with Crippen molar-refractivity contribution in [3.8, 4) is 0 Å². The van der Waals surface area contributed by atoms with Crippen LogP contribution < -0.4 is 5.73 Å². The van der Waals surface area contributed by atoms with Gasteiger partial charge >= 0.3 is 0 Å². The average molecular weight is 246 g/mol. The van der Waals surface area contributed by atoms with Crippen molar-refractivity contribution in [1.82, 2.24) is 0 Å². The molecule has 2 rings (SSSR count). The first-order valence-electron chi connectivity index (χ1n) is 5.26. The van der Waals surface area contributed by atoms with Gasteiger partial charge in [0.2, 0.25) is 0 Å². The summed E-state index contributed by atoms with van der Waals surface area (Å²) in [5, 5.41) is 0.385. The summed E-state index contributed by atoms with van der Waals surface area (Å²) in [4.78, 5) is 0. The van der Waals surface area contributed by atoms with Gasteiger partial charge in [-0.1, -0.05) is 23.7 Å². The lowest BCUT2D eigenvalue weighted by Crippen LogP contribution is -2.24. The molecule has 0 amide bonds. The SMILES string of the molecule is CC(F)(F)c1ccc(CC2(N)CC2)c(Cl)c1. The highest BCUT2D eigenvalue weighted by molar-refractivity contribution is 6.31. The molecule has 0 unspecified atom stereocenters. The largest absolute Gasteiger partial charge is 0.325 e. The van der Waals surface area contributed by atoms with Crippen molar-refractivity contribution in [3.05, 3.63) is 34.3 Å². The van der Waals surface area contributed by atoms with Crippen molar-refractivity contribution in [3.63, 3.8) is 0 Å². The van der Waals surface area contributed by atoms with Crippen LogP contribution in [0.15, 0.2) is 18.2 Å². The van der Waals surface area contributed by atoms with Gasteiger partial charge in [-0.05, 0) is 30.9 Å². The molecule has 0 bridgehead atoms. The molecule has 0 aliphatic heterocycles. The van der Waals surface area contributed by atoms with Crippen molar-refractivity contribution in [2.75, 3.05) is 0 Å². The third kappa shape index (κ3) is 2.53. The monoisotopic (exact) mass is 245 g/mol.